The number of ether oxygens (including phenoxy) is 1. The Morgan fingerprint density at radius 3 is 2.52 bits per heavy atom. The van der Waals surface area contributed by atoms with Gasteiger partial charge in [0.15, 0.2) is 5.13 Å². The van der Waals surface area contributed by atoms with E-state index in [2.05, 4.69) is 9.71 Å². The molecule has 0 aliphatic heterocycles. The van der Waals surface area contributed by atoms with Gasteiger partial charge in [0.2, 0.25) is 0 Å². The van der Waals surface area contributed by atoms with Crippen molar-refractivity contribution < 1.29 is 13.2 Å². The van der Waals surface area contributed by atoms with Gasteiger partial charge in [-0.25, -0.2) is 13.4 Å². The molecular formula is C17H15ClN2O3S2. The summed E-state index contributed by atoms with van der Waals surface area (Å²) in [4.78, 5) is 4.50. The Kier molecular flexibility index (Phi) is 4.99. The zero-order valence-electron chi connectivity index (χ0n) is 13.5. The van der Waals surface area contributed by atoms with Gasteiger partial charge in [-0.15, -0.1) is 11.3 Å². The molecule has 0 saturated heterocycles. The second-order valence-electron chi connectivity index (χ2n) is 5.28. The highest BCUT2D eigenvalue weighted by molar-refractivity contribution is 7.93. The number of aryl methyl sites for hydroxylation is 1. The highest BCUT2D eigenvalue weighted by atomic mass is 35.5. The zero-order chi connectivity index (χ0) is 18.0. The predicted molar refractivity (Wildman–Crippen MR) is 101 cm³/mol. The molecule has 1 N–H and O–H groups in total. The molecule has 2 aromatic carbocycles. The summed E-state index contributed by atoms with van der Waals surface area (Å²) in [5.41, 5.74) is 2.29. The number of methoxy groups -OCH3 is 1. The number of nitrogens with one attached hydrogen (secondary N) is 1. The largest absolute Gasteiger partial charge is 0.496 e. The molecule has 3 rings (SSSR count). The number of aromatic nitrogens is 1. The van der Waals surface area contributed by atoms with E-state index in [4.69, 9.17) is 16.3 Å². The lowest BCUT2D eigenvalue weighted by atomic mass is 10.2. The normalized spacial score (nSPS) is 11.3. The van der Waals surface area contributed by atoms with Gasteiger partial charge in [-0.05, 0) is 42.8 Å². The van der Waals surface area contributed by atoms with Crippen LogP contribution in [0.4, 0.5) is 5.13 Å². The van der Waals surface area contributed by atoms with Crippen LogP contribution in [-0.4, -0.2) is 20.5 Å². The van der Waals surface area contributed by atoms with Crippen molar-refractivity contribution >= 4 is 38.1 Å². The molecule has 0 fully saturated rings. The van der Waals surface area contributed by atoms with Crippen LogP contribution in [0.15, 0.2) is 52.7 Å². The number of benzene rings is 2. The van der Waals surface area contributed by atoms with E-state index in [9.17, 15) is 8.42 Å². The van der Waals surface area contributed by atoms with Gasteiger partial charge in [0.25, 0.3) is 10.0 Å². The Morgan fingerprint density at radius 1 is 1.16 bits per heavy atom. The van der Waals surface area contributed by atoms with Gasteiger partial charge in [0, 0.05) is 16.0 Å². The van der Waals surface area contributed by atoms with Crippen molar-refractivity contribution in [1.29, 1.82) is 0 Å². The van der Waals surface area contributed by atoms with Crippen LogP contribution in [0.1, 0.15) is 5.56 Å². The van der Waals surface area contributed by atoms with Crippen LogP contribution in [0, 0.1) is 6.92 Å². The third kappa shape index (κ3) is 3.95. The molecule has 0 unspecified atom stereocenters. The molecule has 1 heterocycles. The summed E-state index contributed by atoms with van der Waals surface area (Å²) in [7, 11) is -2.17. The Bertz CT molecular complexity index is 999. The first-order valence-corrected chi connectivity index (χ1v) is 10.0. The van der Waals surface area contributed by atoms with Crippen molar-refractivity contribution in [3.63, 3.8) is 0 Å². The lowest BCUT2D eigenvalue weighted by molar-refractivity contribution is 0.411. The van der Waals surface area contributed by atoms with Crippen molar-refractivity contribution in [2.45, 2.75) is 11.8 Å². The predicted octanol–water partition coefficient (Wildman–Crippen LogP) is 4.58. The molecule has 0 saturated carbocycles. The first-order chi connectivity index (χ1) is 11.9. The number of rotatable bonds is 5. The fraction of sp³-hybridized carbons (Fsp3) is 0.118. The van der Waals surface area contributed by atoms with Gasteiger partial charge in [-0.2, -0.15) is 0 Å². The maximum Gasteiger partial charge on any atom is 0.263 e. The standard InChI is InChI=1S/C17H15ClN2O3S2/c1-11-9-14(7-8-16(11)23-2)25(21,22)20-17-19-15(10-24-17)12-3-5-13(18)6-4-12/h3-10H,1-2H3,(H,19,20). The highest BCUT2D eigenvalue weighted by Crippen LogP contribution is 2.28. The van der Waals surface area contributed by atoms with Gasteiger partial charge in [-0.1, -0.05) is 23.7 Å². The van der Waals surface area contributed by atoms with Gasteiger partial charge in [0.05, 0.1) is 17.7 Å². The quantitative estimate of drug-likeness (QED) is 0.687. The number of hydrogen-bond donors (Lipinski definition) is 1. The average molecular weight is 395 g/mol. The number of hydrogen-bond acceptors (Lipinski definition) is 5. The first kappa shape index (κ1) is 17.7. The van der Waals surface area contributed by atoms with E-state index in [-0.39, 0.29) is 4.90 Å². The van der Waals surface area contributed by atoms with E-state index >= 15 is 0 Å². The fourth-order valence-electron chi connectivity index (χ4n) is 2.27. The summed E-state index contributed by atoms with van der Waals surface area (Å²) in [5, 5.41) is 2.73. The van der Waals surface area contributed by atoms with Crippen LogP contribution < -0.4 is 9.46 Å². The van der Waals surface area contributed by atoms with Crippen LogP contribution in [0.3, 0.4) is 0 Å². The molecule has 5 nitrogen and oxygen atoms in total. The average Bonchev–Trinajstić information content (AvgIpc) is 3.03. The molecule has 0 radical (unpaired) electrons. The van der Waals surface area contributed by atoms with Crippen molar-refractivity contribution in [1.82, 2.24) is 4.98 Å². The number of halogens is 1. The summed E-state index contributed by atoms with van der Waals surface area (Å²) in [6, 6.07) is 11.9. The third-order valence-electron chi connectivity index (χ3n) is 3.54. The molecule has 0 amide bonds. The molecule has 130 valence electrons. The SMILES string of the molecule is COc1ccc(S(=O)(=O)Nc2nc(-c3ccc(Cl)cc3)cs2)cc1C. The van der Waals surface area contributed by atoms with Crippen LogP contribution in [-0.2, 0) is 10.0 Å². The van der Waals surface area contributed by atoms with Crippen molar-refractivity contribution in [2.75, 3.05) is 11.8 Å². The summed E-state index contributed by atoms with van der Waals surface area (Å²) in [5.74, 6) is 0.637. The second kappa shape index (κ2) is 7.03. The molecule has 0 spiro atoms. The lowest BCUT2D eigenvalue weighted by Gasteiger charge is -2.08. The van der Waals surface area contributed by atoms with E-state index < -0.39 is 10.0 Å². The molecule has 0 bridgehead atoms. The Labute approximate surface area is 155 Å². The van der Waals surface area contributed by atoms with E-state index in [0.717, 1.165) is 11.1 Å². The van der Waals surface area contributed by atoms with Gasteiger partial charge >= 0.3 is 0 Å². The fourth-order valence-corrected chi connectivity index (χ4v) is 4.45. The molecule has 0 aliphatic carbocycles. The minimum absolute atomic E-state index is 0.161. The zero-order valence-corrected chi connectivity index (χ0v) is 15.9. The third-order valence-corrected chi connectivity index (χ3v) is 6.02. The first-order valence-electron chi connectivity index (χ1n) is 7.28. The maximum atomic E-state index is 12.5. The molecule has 3 aromatic rings. The van der Waals surface area contributed by atoms with Crippen molar-refractivity contribution in [2.24, 2.45) is 0 Å². The molecule has 8 heteroatoms. The summed E-state index contributed by atoms with van der Waals surface area (Å²) < 4.78 is 32.8. The number of sulfonamides is 1. The topological polar surface area (TPSA) is 68.3 Å². The monoisotopic (exact) mass is 394 g/mol. The molecule has 1 aromatic heterocycles. The van der Waals surface area contributed by atoms with Crippen LogP contribution in [0.2, 0.25) is 5.02 Å². The maximum absolute atomic E-state index is 12.5. The highest BCUT2D eigenvalue weighted by Gasteiger charge is 2.17. The van der Waals surface area contributed by atoms with Crippen LogP contribution in [0.25, 0.3) is 11.3 Å². The van der Waals surface area contributed by atoms with Crippen molar-refractivity contribution in [3.8, 4) is 17.0 Å². The van der Waals surface area contributed by atoms with E-state index in [0.29, 0.717) is 21.6 Å². The van der Waals surface area contributed by atoms with E-state index in [1.54, 1.807) is 43.7 Å². The smallest absolute Gasteiger partial charge is 0.263 e. The number of thiazole rings is 1. The Hall–Kier alpha value is -2.09. The van der Waals surface area contributed by atoms with Crippen LogP contribution in [0.5, 0.6) is 5.75 Å². The molecule has 0 aliphatic rings. The number of anilines is 1. The summed E-state index contributed by atoms with van der Waals surface area (Å²) in [6.07, 6.45) is 0. The number of nitrogens with zero attached hydrogens (tertiary/aromatic N) is 1. The molecule has 0 atom stereocenters. The van der Waals surface area contributed by atoms with Gasteiger partial charge in [-0.3, -0.25) is 4.72 Å². The van der Waals surface area contributed by atoms with Crippen molar-refractivity contribution in [3.05, 3.63) is 58.4 Å². The second-order valence-corrected chi connectivity index (χ2v) is 8.26. The Morgan fingerprint density at radius 2 is 1.88 bits per heavy atom. The Balaban J connectivity index is 1.84. The minimum atomic E-state index is -3.72. The van der Waals surface area contributed by atoms with Gasteiger partial charge in [0.1, 0.15) is 5.75 Å². The van der Waals surface area contributed by atoms with E-state index in [1.165, 1.54) is 17.4 Å². The lowest BCUT2D eigenvalue weighted by Crippen LogP contribution is -2.13. The molecular weight excluding hydrogens is 380 g/mol. The van der Waals surface area contributed by atoms with Gasteiger partial charge < -0.3 is 4.74 Å². The van der Waals surface area contributed by atoms with Crippen LogP contribution >= 0.6 is 22.9 Å². The minimum Gasteiger partial charge on any atom is -0.496 e. The van der Waals surface area contributed by atoms with E-state index in [1.807, 2.05) is 12.1 Å². The summed E-state index contributed by atoms with van der Waals surface area (Å²) in [6.45, 7) is 1.79. The molecule has 25 heavy (non-hydrogen) atoms. The summed E-state index contributed by atoms with van der Waals surface area (Å²) >= 11 is 7.10.